The van der Waals surface area contributed by atoms with E-state index < -0.39 is 5.54 Å². The van der Waals surface area contributed by atoms with Crippen LogP contribution in [0.5, 0.6) is 0 Å². The summed E-state index contributed by atoms with van der Waals surface area (Å²) in [4.78, 5) is 26.7. The van der Waals surface area contributed by atoms with Crippen LogP contribution in [0.3, 0.4) is 0 Å². The van der Waals surface area contributed by atoms with E-state index in [4.69, 9.17) is 5.73 Å². The molecule has 4 N–H and O–H groups in total. The largest absolute Gasteiger partial charge is 0.336 e. The molecule has 2 aromatic rings. The van der Waals surface area contributed by atoms with Gasteiger partial charge in [-0.2, -0.15) is 0 Å². The van der Waals surface area contributed by atoms with Crippen molar-refractivity contribution in [3.05, 3.63) is 59.2 Å². The Bertz CT molecular complexity index is 894. The quantitative estimate of drug-likeness (QED) is 0.737. The molecule has 0 aromatic heterocycles. The number of nitrogens with one attached hydrogen (secondary N) is 2. The Kier molecular flexibility index (Phi) is 5.63. The standard InChI is InChI=1S/C21H24N4O2.ClH/c1-14-5-7-16(8-6-14)23-20(27)24-18-4-2-3-15-13-25(12-9-17(15)18)19(26)21(22)10-11-21;/h2-8H,9-13,22H2,1H3,(H2,23,24,27);1H. The molecule has 1 heterocycles. The van der Waals surface area contributed by atoms with Gasteiger partial charge in [0.2, 0.25) is 5.91 Å². The highest BCUT2D eigenvalue weighted by Crippen LogP contribution is 2.36. The molecule has 7 heteroatoms. The minimum atomic E-state index is -0.638. The Morgan fingerprint density at radius 3 is 2.46 bits per heavy atom. The van der Waals surface area contributed by atoms with Crippen LogP contribution < -0.4 is 16.4 Å². The zero-order valence-electron chi connectivity index (χ0n) is 15.8. The maximum absolute atomic E-state index is 12.5. The van der Waals surface area contributed by atoms with E-state index >= 15 is 0 Å². The first-order valence-electron chi connectivity index (χ1n) is 9.28. The average Bonchev–Trinajstić information content (AvgIpc) is 3.41. The van der Waals surface area contributed by atoms with Crippen molar-refractivity contribution < 1.29 is 9.59 Å². The molecule has 1 fully saturated rings. The first-order chi connectivity index (χ1) is 12.9. The number of carbonyl (C=O) groups excluding carboxylic acids is 2. The molecule has 0 spiro atoms. The number of anilines is 2. The smallest absolute Gasteiger partial charge is 0.323 e. The van der Waals surface area contributed by atoms with Gasteiger partial charge in [0.25, 0.3) is 0 Å². The zero-order valence-corrected chi connectivity index (χ0v) is 16.6. The number of fused-ring (bicyclic) bond motifs is 1. The predicted octanol–water partition coefficient (Wildman–Crippen LogP) is 3.44. The number of nitrogens with two attached hydrogens (primary N) is 1. The topological polar surface area (TPSA) is 87.5 Å². The lowest BCUT2D eigenvalue weighted by molar-refractivity contribution is -0.134. The van der Waals surface area contributed by atoms with Crippen LogP contribution in [-0.4, -0.2) is 28.9 Å². The Labute approximate surface area is 170 Å². The number of urea groups is 1. The third kappa shape index (κ3) is 4.13. The van der Waals surface area contributed by atoms with Gasteiger partial charge in [-0.05, 0) is 55.5 Å². The number of carbonyl (C=O) groups is 2. The van der Waals surface area contributed by atoms with Crippen molar-refractivity contribution in [2.24, 2.45) is 5.73 Å². The van der Waals surface area contributed by atoms with Gasteiger partial charge in [0.05, 0.1) is 5.54 Å². The van der Waals surface area contributed by atoms with E-state index in [1.54, 1.807) is 0 Å². The van der Waals surface area contributed by atoms with Crippen molar-refractivity contribution in [2.75, 3.05) is 17.2 Å². The lowest BCUT2D eigenvalue weighted by Crippen LogP contribution is -2.47. The van der Waals surface area contributed by atoms with Crippen molar-refractivity contribution >= 4 is 35.7 Å². The van der Waals surface area contributed by atoms with E-state index in [-0.39, 0.29) is 24.3 Å². The lowest BCUT2D eigenvalue weighted by Gasteiger charge is -2.32. The van der Waals surface area contributed by atoms with E-state index in [9.17, 15) is 9.59 Å². The highest BCUT2D eigenvalue weighted by atomic mass is 35.5. The average molecular weight is 401 g/mol. The Morgan fingerprint density at radius 1 is 1.07 bits per heavy atom. The summed E-state index contributed by atoms with van der Waals surface area (Å²) in [5.74, 6) is 0.0450. The first-order valence-corrected chi connectivity index (χ1v) is 9.28. The number of nitrogens with zero attached hydrogens (tertiary/aromatic N) is 1. The van der Waals surface area contributed by atoms with Gasteiger partial charge >= 0.3 is 6.03 Å². The molecule has 28 heavy (non-hydrogen) atoms. The molecule has 4 rings (SSSR count). The molecule has 0 saturated heterocycles. The molecule has 1 aliphatic heterocycles. The number of rotatable bonds is 3. The summed E-state index contributed by atoms with van der Waals surface area (Å²) >= 11 is 0. The van der Waals surface area contributed by atoms with Crippen molar-refractivity contribution in [1.82, 2.24) is 4.90 Å². The molecule has 2 aliphatic rings. The monoisotopic (exact) mass is 400 g/mol. The van der Waals surface area contributed by atoms with Crippen LogP contribution in [0.1, 0.15) is 29.5 Å². The summed E-state index contributed by atoms with van der Waals surface area (Å²) in [5, 5.41) is 5.79. The first kappa shape index (κ1) is 20.2. The fourth-order valence-corrected chi connectivity index (χ4v) is 3.48. The minimum absolute atomic E-state index is 0. The van der Waals surface area contributed by atoms with E-state index in [2.05, 4.69) is 10.6 Å². The Morgan fingerprint density at radius 2 is 1.79 bits per heavy atom. The van der Waals surface area contributed by atoms with E-state index in [1.807, 2.05) is 54.3 Å². The second kappa shape index (κ2) is 7.81. The number of benzene rings is 2. The van der Waals surface area contributed by atoms with E-state index in [0.717, 1.165) is 40.9 Å². The van der Waals surface area contributed by atoms with Gasteiger partial charge in [0.1, 0.15) is 0 Å². The summed E-state index contributed by atoms with van der Waals surface area (Å²) < 4.78 is 0. The number of hydrogen-bond acceptors (Lipinski definition) is 3. The molecule has 6 nitrogen and oxygen atoms in total. The SMILES string of the molecule is Cc1ccc(NC(=O)Nc2cccc3c2CCN(C(=O)C2(N)CC2)C3)cc1.Cl. The van der Waals surface area contributed by atoms with E-state index in [1.165, 1.54) is 0 Å². The summed E-state index contributed by atoms with van der Waals surface area (Å²) in [6.45, 7) is 3.18. The molecular formula is C21H25ClN4O2. The normalized spacial score (nSPS) is 16.4. The summed E-state index contributed by atoms with van der Waals surface area (Å²) in [5.41, 5.74) is 10.3. The maximum atomic E-state index is 12.5. The fourth-order valence-electron chi connectivity index (χ4n) is 3.48. The van der Waals surface area contributed by atoms with Crippen LogP contribution in [0.4, 0.5) is 16.2 Å². The molecule has 0 unspecified atom stereocenters. The Hall–Kier alpha value is -2.57. The zero-order chi connectivity index (χ0) is 19.0. The van der Waals surface area contributed by atoms with Crippen LogP contribution in [-0.2, 0) is 17.8 Å². The van der Waals surface area contributed by atoms with Gasteiger partial charge < -0.3 is 21.3 Å². The fraction of sp³-hybridized carbons (Fsp3) is 0.333. The molecular weight excluding hydrogens is 376 g/mol. The number of halogens is 1. The highest BCUT2D eigenvalue weighted by molar-refractivity contribution is 6.00. The second-order valence-corrected chi connectivity index (χ2v) is 7.52. The van der Waals surface area contributed by atoms with Gasteiger partial charge in [0, 0.05) is 24.5 Å². The molecule has 0 bridgehead atoms. The molecule has 0 atom stereocenters. The summed E-state index contributed by atoms with van der Waals surface area (Å²) in [6, 6.07) is 13.2. The van der Waals surface area contributed by atoms with Gasteiger partial charge in [-0.25, -0.2) is 4.79 Å². The van der Waals surface area contributed by atoms with Crippen LogP contribution in [0, 0.1) is 6.92 Å². The van der Waals surface area contributed by atoms with Gasteiger partial charge in [-0.15, -0.1) is 12.4 Å². The molecule has 0 radical (unpaired) electrons. The molecule has 3 amide bonds. The van der Waals surface area contributed by atoms with Gasteiger partial charge in [0.15, 0.2) is 0 Å². The molecule has 1 aliphatic carbocycles. The van der Waals surface area contributed by atoms with Crippen LogP contribution in [0.25, 0.3) is 0 Å². The van der Waals surface area contributed by atoms with Crippen LogP contribution >= 0.6 is 12.4 Å². The van der Waals surface area contributed by atoms with Crippen LogP contribution in [0.15, 0.2) is 42.5 Å². The third-order valence-electron chi connectivity index (χ3n) is 5.33. The lowest BCUT2D eigenvalue weighted by atomic mass is 9.97. The van der Waals surface area contributed by atoms with Crippen LogP contribution in [0.2, 0.25) is 0 Å². The van der Waals surface area contributed by atoms with Crippen molar-refractivity contribution in [1.29, 1.82) is 0 Å². The minimum Gasteiger partial charge on any atom is -0.336 e. The van der Waals surface area contributed by atoms with Gasteiger partial charge in [-0.1, -0.05) is 29.8 Å². The summed E-state index contributed by atoms with van der Waals surface area (Å²) in [7, 11) is 0. The maximum Gasteiger partial charge on any atom is 0.323 e. The second-order valence-electron chi connectivity index (χ2n) is 7.52. The highest BCUT2D eigenvalue weighted by Gasteiger charge is 2.48. The van der Waals surface area contributed by atoms with Crippen molar-refractivity contribution in [3.63, 3.8) is 0 Å². The molecule has 2 aromatic carbocycles. The number of hydrogen-bond donors (Lipinski definition) is 3. The third-order valence-corrected chi connectivity index (χ3v) is 5.33. The Balaban J connectivity index is 0.00000225. The molecule has 148 valence electrons. The van der Waals surface area contributed by atoms with Crippen molar-refractivity contribution in [3.8, 4) is 0 Å². The number of amides is 3. The summed E-state index contributed by atoms with van der Waals surface area (Å²) in [6.07, 6.45) is 2.25. The molecule has 1 saturated carbocycles. The number of aryl methyl sites for hydroxylation is 1. The van der Waals surface area contributed by atoms with Gasteiger partial charge in [-0.3, -0.25) is 4.79 Å². The predicted molar refractivity (Wildman–Crippen MR) is 113 cm³/mol. The van der Waals surface area contributed by atoms with Crippen molar-refractivity contribution in [2.45, 2.75) is 38.3 Å². The van der Waals surface area contributed by atoms with E-state index in [0.29, 0.717) is 19.5 Å².